The van der Waals surface area contributed by atoms with E-state index in [1.54, 1.807) is 6.92 Å². The molecule has 11 heteroatoms. The average Bonchev–Trinajstić information content (AvgIpc) is 2.85. The first kappa shape index (κ1) is 27.3. The fourth-order valence-electron chi connectivity index (χ4n) is 4.70. The number of rotatable bonds is 10. The lowest BCUT2D eigenvalue weighted by molar-refractivity contribution is -0.384. The number of para-hydroxylation sites is 1. The highest BCUT2D eigenvalue weighted by Gasteiger charge is 2.41. The highest BCUT2D eigenvalue weighted by atomic mass is 32.2. The Balaban J connectivity index is 2.04. The summed E-state index contributed by atoms with van der Waals surface area (Å²) in [7, 11) is -2.70. The summed E-state index contributed by atoms with van der Waals surface area (Å²) in [5, 5.41) is 14.4. The van der Waals surface area contributed by atoms with Gasteiger partial charge >= 0.3 is 0 Å². The maximum Gasteiger partial charge on any atom is 0.271 e. The van der Waals surface area contributed by atoms with Crippen LogP contribution < -0.4 is 19.1 Å². The van der Waals surface area contributed by atoms with E-state index in [-0.39, 0.29) is 23.5 Å². The first-order valence-corrected chi connectivity index (χ1v) is 13.7. The molecule has 0 fully saturated rings. The largest absolute Gasteiger partial charge is 0.495 e. The van der Waals surface area contributed by atoms with Crippen molar-refractivity contribution < 1.29 is 27.6 Å². The number of ether oxygens (including phenoxy) is 2. The molecule has 36 heavy (non-hydrogen) atoms. The van der Waals surface area contributed by atoms with Gasteiger partial charge in [-0.1, -0.05) is 39.0 Å². The molecule has 10 nitrogen and oxygen atoms in total. The zero-order chi connectivity index (χ0) is 26.7. The van der Waals surface area contributed by atoms with Crippen molar-refractivity contribution in [3.05, 3.63) is 58.1 Å². The number of fused-ring (bicyclic) bond motifs is 1. The number of carbonyl (C=O) groups excluding carboxylic acids is 1. The van der Waals surface area contributed by atoms with Crippen LogP contribution in [-0.4, -0.2) is 44.3 Å². The van der Waals surface area contributed by atoms with Gasteiger partial charge in [-0.3, -0.25) is 19.2 Å². The fourth-order valence-corrected chi connectivity index (χ4v) is 5.90. The van der Waals surface area contributed by atoms with E-state index >= 15 is 0 Å². The van der Waals surface area contributed by atoms with Crippen molar-refractivity contribution in [3.8, 4) is 11.5 Å². The number of nitrogens with zero attached hydrogens (tertiary/aromatic N) is 2. The molecule has 0 radical (unpaired) electrons. The molecule has 3 rings (SSSR count). The number of hydrogen-bond acceptors (Lipinski definition) is 7. The molecule has 2 aromatic carbocycles. The number of carbonyl (C=O) groups is 1. The molecule has 0 aromatic heterocycles. The molecule has 2 unspecified atom stereocenters. The Morgan fingerprint density at radius 3 is 2.47 bits per heavy atom. The minimum absolute atomic E-state index is 0.0694. The van der Waals surface area contributed by atoms with Crippen LogP contribution in [0, 0.1) is 10.1 Å². The van der Waals surface area contributed by atoms with Crippen molar-refractivity contribution in [1.82, 2.24) is 5.32 Å². The van der Waals surface area contributed by atoms with Crippen molar-refractivity contribution >= 4 is 27.3 Å². The Labute approximate surface area is 211 Å². The number of nitrogens with one attached hydrogen (secondary N) is 1. The highest BCUT2D eigenvalue weighted by molar-refractivity contribution is 7.92. The van der Waals surface area contributed by atoms with Crippen LogP contribution in [0.2, 0.25) is 0 Å². The van der Waals surface area contributed by atoms with Crippen molar-refractivity contribution in [2.75, 3.05) is 17.7 Å². The molecule has 0 saturated heterocycles. The number of sulfonamides is 1. The quantitative estimate of drug-likeness (QED) is 0.365. The number of nitro benzene ring substituents is 1. The Kier molecular flexibility index (Phi) is 8.12. The molecule has 0 saturated carbocycles. The van der Waals surface area contributed by atoms with E-state index in [0.717, 1.165) is 35.0 Å². The molecule has 2 aromatic rings. The molecule has 1 aliphatic heterocycles. The second-order valence-corrected chi connectivity index (χ2v) is 10.8. The summed E-state index contributed by atoms with van der Waals surface area (Å²) in [6.45, 7) is 5.75. The van der Waals surface area contributed by atoms with Gasteiger partial charge in [-0.25, -0.2) is 8.42 Å². The molecule has 1 amide bonds. The second kappa shape index (κ2) is 10.7. The van der Waals surface area contributed by atoms with Gasteiger partial charge in [0.05, 0.1) is 24.3 Å². The SMILES string of the molecule is CCC(C(=O)NC1CC(CC)(CC)Oc2ccccc21)N(c1cc([N+](=O)[O-])ccc1OC)S(C)(=O)=O. The van der Waals surface area contributed by atoms with Gasteiger partial charge in [0.1, 0.15) is 28.8 Å². The summed E-state index contributed by atoms with van der Waals surface area (Å²) in [6, 6.07) is 9.57. The molecule has 0 aliphatic carbocycles. The van der Waals surface area contributed by atoms with E-state index < -0.39 is 38.5 Å². The zero-order valence-electron chi connectivity index (χ0n) is 21.2. The predicted molar refractivity (Wildman–Crippen MR) is 137 cm³/mol. The molecule has 1 aliphatic rings. The van der Waals surface area contributed by atoms with Gasteiger partial charge in [-0.05, 0) is 31.4 Å². The monoisotopic (exact) mass is 519 g/mol. The van der Waals surface area contributed by atoms with E-state index in [0.29, 0.717) is 12.2 Å². The van der Waals surface area contributed by atoms with Gasteiger partial charge in [0.2, 0.25) is 15.9 Å². The minimum atomic E-state index is -4.04. The lowest BCUT2D eigenvalue weighted by Crippen LogP contribution is -2.52. The molecular formula is C25H33N3O7S. The summed E-state index contributed by atoms with van der Waals surface area (Å²) in [5.41, 5.74) is -0.0332. The minimum Gasteiger partial charge on any atom is -0.495 e. The van der Waals surface area contributed by atoms with Gasteiger partial charge in [0.15, 0.2) is 0 Å². The molecule has 0 bridgehead atoms. The smallest absolute Gasteiger partial charge is 0.271 e. The van der Waals surface area contributed by atoms with Crippen LogP contribution in [0.5, 0.6) is 11.5 Å². The molecule has 196 valence electrons. The molecule has 1 heterocycles. The highest BCUT2D eigenvalue weighted by Crippen LogP contribution is 2.43. The third-order valence-electron chi connectivity index (χ3n) is 6.74. The zero-order valence-corrected chi connectivity index (χ0v) is 22.0. The van der Waals surface area contributed by atoms with Gasteiger partial charge in [0, 0.05) is 24.1 Å². The standard InChI is InChI=1S/C25H33N3O7S/c1-6-20(27(36(5,32)33)21-15-17(28(30)31)13-14-23(21)34-4)24(29)26-19-16-25(7-2,8-3)35-22-12-10-9-11-18(19)22/h9-15,19-20H,6-8,16H2,1-5H3,(H,26,29). The summed E-state index contributed by atoms with van der Waals surface area (Å²) in [5.74, 6) is 0.273. The van der Waals surface area contributed by atoms with Gasteiger partial charge in [-0.2, -0.15) is 0 Å². The summed E-state index contributed by atoms with van der Waals surface area (Å²) in [4.78, 5) is 24.5. The number of nitro groups is 1. The van der Waals surface area contributed by atoms with E-state index in [2.05, 4.69) is 5.32 Å². The van der Waals surface area contributed by atoms with E-state index in [9.17, 15) is 23.3 Å². The van der Waals surface area contributed by atoms with E-state index in [4.69, 9.17) is 9.47 Å². The Hall–Kier alpha value is -3.34. The molecular weight excluding hydrogens is 486 g/mol. The summed E-state index contributed by atoms with van der Waals surface area (Å²) >= 11 is 0. The molecule has 1 N–H and O–H groups in total. The van der Waals surface area contributed by atoms with Crippen molar-refractivity contribution in [2.45, 2.75) is 64.1 Å². The second-order valence-electron chi connectivity index (χ2n) is 8.89. The topological polar surface area (TPSA) is 128 Å². The van der Waals surface area contributed by atoms with Crippen LogP contribution in [0.25, 0.3) is 0 Å². The molecule has 0 spiro atoms. The first-order chi connectivity index (χ1) is 17.0. The maximum atomic E-state index is 13.7. The van der Waals surface area contributed by atoms with Crippen LogP contribution in [0.1, 0.15) is 58.1 Å². The van der Waals surface area contributed by atoms with Crippen molar-refractivity contribution in [2.24, 2.45) is 0 Å². The van der Waals surface area contributed by atoms with Crippen molar-refractivity contribution in [1.29, 1.82) is 0 Å². The first-order valence-electron chi connectivity index (χ1n) is 11.9. The van der Waals surface area contributed by atoms with E-state index in [1.165, 1.54) is 19.2 Å². The fraction of sp³-hybridized carbons (Fsp3) is 0.480. The average molecular weight is 520 g/mol. The Morgan fingerprint density at radius 1 is 1.25 bits per heavy atom. The number of hydrogen-bond donors (Lipinski definition) is 1. The number of benzene rings is 2. The molecule has 2 atom stereocenters. The van der Waals surface area contributed by atoms with Crippen LogP contribution in [0.3, 0.4) is 0 Å². The van der Waals surface area contributed by atoms with Crippen LogP contribution in [0.4, 0.5) is 11.4 Å². The lowest BCUT2D eigenvalue weighted by Gasteiger charge is -2.42. The van der Waals surface area contributed by atoms with Gasteiger partial charge in [0.25, 0.3) is 5.69 Å². The van der Waals surface area contributed by atoms with Crippen LogP contribution >= 0.6 is 0 Å². The number of anilines is 1. The van der Waals surface area contributed by atoms with Crippen LogP contribution in [0.15, 0.2) is 42.5 Å². The lowest BCUT2D eigenvalue weighted by atomic mass is 9.83. The third-order valence-corrected chi connectivity index (χ3v) is 7.91. The third kappa shape index (κ3) is 5.40. The summed E-state index contributed by atoms with van der Waals surface area (Å²) < 4.78 is 38.5. The van der Waals surface area contributed by atoms with Gasteiger partial charge in [-0.15, -0.1) is 0 Å². The number of methoxy groups -OCH3 is 1. The Bertz CT molecular complexity index is 1230. The van der Waals surface area contributed by atoms with Crippen LogP contribution in [-0.2, 0) is 14.8 Å². The predicted octanol–water partition coefficient (Wildman–Crippen LogP) is 4.35. The number of amides is 1. The van der Waals surface area contributed by atoms with Crippen molar-refractivity contribution in [3.63, 3.8) is 0 Å². The normalized spacial score (nSPS) is 17.3. The number of non-ortho nitro benzene ring substituents is 1. The Morgan fingerprint density at radius 2 is 1.92 bits per heavy atom. The van der Waals surface area contributed by atoms with Gasteiger partial charge < -0.3 is 14.8 Å². The summed E-state index contributed by atoms with van der Waals surface area (Å²) in [6.07, 6.45) is 3.09. The maximum absolute atomic E-state index is 13.7. The van der Waals surface area contributed by atoms with E-state index in [1.807, 2.05) is 38.1 Å².